The second kappa shape index (κ2) is 4.81. The molecular formula is C9H10ClIN2. The Morgan fingerprint density at radius 3 is 2.92 bits per heavy atom. The fraction of sp³-hybridized carbons (Fsp3) is 0.222. The molecule has 0 amide bonds. The topological polar surface area (TPSA) is 24.9 Å². The summed E-state index contributed by atoms with van der Waals surface area (Å²) >= 11 is 7.86. The van der Waals surface area contributed by atoms with E-state index in [1.807, 2.05) is 13.0 Å². The average molecular weight is 309 g/mol. The van der Waals surface area contributed by atoms with Crippen LogP contribution >= 0.6 is 34.2 Å². The van der Waals surface area contributed by atoms with Gasteiger partial charge in [0.25, 0.3) is 0 Å². The van der Waals surface area contributed by atoms with Crippen molar-refractivity contribution >= 4 is 39.9 Å². The van der Waals surface area contributed by atoms with Crippen LogP contribution in [-0.2, 0) is 0 Å². The van der Waals surface area contributed by atoms with Gasteiger partial charge in [-0.2, -0.15) is 0 Å². The number of rotatable bonds is 3. The van der Waals surface area contributed by atoms with Crippen LogP contribution in [0.5, 0.6) is 0 Å². The van der Waals surface area contributed by atoms with Gasteiger partial charge in [0.2, 0.25) is 0 Å². The standard InChI is InChI=1S/C9H10ClIN2/c1-6(2)5-12-7-3-4-8(10)13-9(7)11/h3-4,12H,1,5H2,2H3. The summed E-state index contributed by atoms with van der Waals surface area (Å²) in [4.78, 5) is 4.11. The lowest BCUT2D eigenvalue weighted by atomic mass is 10.3. The van der Waals surface area contributed by atoms with Crippen molar-refractivity contribution in [2.45, 2.75) is 6.92 Å². The van der Waals surface area contributed by atoms with Crippen molar-refractivity contribution in [1.29, 1.82) is 0 Å². The van der Waals surface area contributed by atoms with Crippen LogP contribution in [0.15, 0.2) is 24.3 Å². The Balaban J connectivity index is 2.72. The van der Waals surface area contributed by atoms with Crippen LogP contribution in [0.25, 0.3) is 0 Å². The van der Waals surface area contributed by atoms with Crippen LogP contribution in [0.4, 0.5) is 5.69 Å². The van der Waals surface area contributed by atoms with Crippen LogP contribution in [-0.4, -0.2) is 11.5 Å². The SMILES string of the molecule is C=C(C)CNc1ccc(Cl)nc1I. The molecule has 0 spiro atoms. The number of pyridine rings is 1. The molecule has 0 radical (unpaired) electrons. The molecule has 0 aliphatic heterocycles. The summed E-state index contributed by atoms with van der Waals surface area (Å²) in [5, 5.41) is 3.73. The average Bonchev–Trinajstić information content (AvgIpc) is 2.02. The molecule has 1 aromatic heterocycles. The summed E-state index contributed by atoms with van der Waals surface area (Å²) in [7, 11) is 0. The van der Waals surface area contributed by atoms with Gasteiger partial charge in [-0.15, -0.1) is 0 Å². The van der Waals surface area contributed by atoms with E-state index in [-0.39, 0.29) is 0 Å². The summed E-state index contributed by atoms with van der Waals surface area (Å²) in [6, 6.07) is 3.69. The Labute approximate surface area is 96.5 Å². The predicted octanol–water partition coefficient (Wildman–Crippen LogP) is 3.33. The molecule has 0 aliphatic rings. The molecule has 70 valence electrons. The van der Waals surface area contributed by atoms with E-state index in [1.165, 1.54) is 0 Å². The lowest BCUT2D eigenvalue weighted by Gasteiger charge is -2.07. The quantitative estimate of drug-likeness (QED) is 0.526. The first-order valence-corrected chi connectivity index (χ1v) is 5.25. The Bertz CT molecular complexity index is 325. The molecule has 0 unspecified atom stereocenters. The second-order valence-corrected chi connectivity index (χ2v) is 4.19. The van der Waals surface area contributed by atoms with Gasteiger partial charge in [0.15, 0.2) is 0 Å². The molecule has 1 rings (SSSR count). The van der Waals surface area contributed by atoms with Crippen molar-refractivity contribution in [3.8, 4) is 0 Å². The first-order valence-electron chi connectivity index (χ1n) is 3.80. The molecule has 13 heavy (non-hydrogen) atoms. The second-order valence-electron chi connectivity index (χ2n) is 2.78. The van der Waals surface area contributed by atoms with Crippen molar-refractivity contribution in [3.63, 3.8) is 0 Å². The van der Waals surface area contributed by atoms with E-state index in [0.717, 1.165) is 21.5 Å². The molecule has 0 aliphatic carbocycles. The minimum absolute atomic E-state index is 0.519. The van der Waals surface area contributed by atoms with E-state index in [9.17, 15) is 0 Å². The molecule has 1 aromatic rings. The number of hydrogen-bond acceptors (Lipinski definition) is 2. The third-order valence-electron chi connectivity index (χ3n) is 1.40. The van der Waals surface area contributed by atoms with E-state index in [1.54, 1.807) is 6.07 Å². The molecule has 1 heterocycles. The molecule has 0 atom stereocenters. The van der Waals surface area contributed by atoms with Crippen LogP contribution in [0.2, 0.25) is 5.15 Å². The molecule has 4 heteroatoms. The van der Waals surface area contributed by atoms with E-state index >= 15 is 0 Å². The van der Waals surface area contributed by atoms with Crippen molar-refractivity contribution in [2.24, 2.45) is 0 Å². The van der Waals surface area contributed by atoms with Gasteiger partial charge >= 0.3 is 0 Å². The number of hydrogen-bond donors (Lipinski definition) is 1. The number of nitrogens with zero attached hydrogens (tertiary/aromatic N) is 1. The summed E-state index contributed by atoms with van der Waals surface area (Å²) in [6.45, 7) is 6.54. The van der Waals surface area contributed by atoms with Crippen LogP contribution in [0.3, 0.4) is 0 Å². The summed E-state index contributed by atoms with van der Waals surface area (Å²) < 4.78 is 0.881. The molecular weight excluding hydrogens is 298 g/mol. The van der Waals surface area contributed by atoms with Gasteiger partial charge in [-0.05, 0) is 41.6 Å². The fourth-order valence-corrected chi connectivity index (χ4v) is 1.71. The summed E-state index contributed by atoms with van der Waals surface area (Å²) in [5.74, 6) is 0. The zero-order chi connectivity index (χ0) is 9.84. The highest BCUT2D eigenvalue weighted by Crippen LogP contribution is 2.18. The molecule has 1 N–H and O–H groups in total. The first-order chi connectivity index (χ1) is 6.09. The van der Waals surface area contributed by atoms with Crippen molar-refractivity contribution < 1.29 is 0 Å². The highest BCUT2D eigenvalue weighted by atomic mass is 127. The number of anilines is 1. The van der Waals surface area contributed by atoms with Gasteiger partial charge in [-0.25, -0.2) is 4.98 Å². The van der Waals surface area contributed by atoms with E-state index in [2.05, 4.69) is 39.5 Å². The Morgan fingerprint density at radius 2 is 2.38 bits per heavy atom. The van der Waals surface area contributed by atoms with E-state index in [4.69, 9.17) is 11.6 Å². The number of halogens is 2. The highest BCUT2D eigenvalue weighted by Gasteiger charge is 2.00. The minimum Gasteiger partial charge on any atom is -0.379 e. The zero-order valence-corrected chi connectivity index (χ0v) is 10.2. The Morgan fingerprint density at radius 1 is 1.69 bits per heavy atom. The van der Waals surface area contributed by atoms with Gasteiger partial charge in [-0.1, -0.05) is 23.8 Å². The van der Waals surface area contributed by atoms with Gasteiger partial charge in [-0.3, -0.25) is 0 Å². The number of nitrogens with one attached hydrogen (secondary N) is 1. The minimum atomic E-state index is 0.519. The highest BCUT2D eigenvalue weighted by molar-refractivity contribution is 14.1. The lowest BCUT2D eigenvalue weighted by Crippen LogP contribution is -2.04. The van der Waals surface area contributed by atoms with Gasteiger partial charge < -0.3 is 5.32 Å². The van der Waals surface area contributed by atoms with Gasteiger partial charge in [0.1, 0.15) is 8.85 Å². The van der Waals surface area contributed by atoms with Gasteiger partial charge in [0, 0.05) is 6.54 Å². The molecule has 0 bridgehead atoms. The Kier molecular flexibility index (Phi) is 3.99. The van der Waals surface area contributed by atoms with Crippen molar-refractivity contribution in [1.82, 2.24) is 4.98 Å². The van der Waals surface area contributed by atoms with Crippen molar-refractivity contribution in [3.05, 3.63) is 33.1 Å². The molecule has 0 saturated heterocycles. The predicted molar refractivity (Wildman–Crippen MR) is 65.3 cm³/mol. The molecule has 2 nitrogen and oxygen atoms in total. The van der Waals surface area contributed by atoms with Crippen molar-refractivity contribution in [2.75, 3.05) is 11.9 Å². The third kappa shape index (κ3) is 3.52. The smallest absolute Gasteiger partial charge is 0.130 e. The maximum absolute atomic E-state index is 5.72. The summed E-state index contributed by atoms with van der Waals surface area (Å²) in [5.41, 5.74) is 2.08. The molecule has 0 aromatic carbocycles. The van der Waals surface area contributed by atoms with E-state index < -0.39 is 0 Å². The summed E-state index contributed by atoms with van der Waals surface area (Å²) in [6.07, 6.45) is 0. The first kappa shape index (κ1) is 10.8. The Hall–Kier alpha value is -0.290. The maximum atomic E-state index is 5.72. The molecule has 0 fully saturated rings. The normalized spacial score (nSPS) is 9.77. The lowest BCUT2D eigenvalue weighted by molar-refractivity contribution is 1.18. The largest absolute Gasteiger partial charge is 0.379 e. The van der Waals surface area contributed by atoms with Crippen LogP contribution in [0.1, 0.15) is 6.92 Å². The van der Waals surface area contributed by atoms with Gasteiger partial charge in [0.05, 0.1) is 5.69 Å². The molecule has 0 saturated carbocycles. The monoisotopic (exact) mass is 308 g/mol. The maximum Gasteiger partial charge on any atom is 0.130 e. The van der Waals surface area contributed by atoms with Crippen LogP contribution in [0, 0.1) is 3.70 Å². The van der Waals surface area contributed by atoms with E-state index in [0.29, 0.717) is 5.15 Å². The third-order valence-corrected chi connectivity index (χ3v) is 2.43. The zero-order valence-electron chi connectivity index (χ0n) is 7.27. The van der Waals surface area contributed by atoms with Crippen LogP contribution < -0.4 is 5.32 Å². The number of aromatic nitrogens is 1. The fourth-order valence-electron chi connectivity index (χ4n) is 0.790.